The fraction of sp³-hybridized carbons (Fsp3) is 0.333. The SMILES string of the molecule is CNC(C)c1ccc(Br)cc1Oc1cc(C)cc(C)c1C. The minimum Gasteiger partial charge on any atom is -0.457 e. The third-order valence-electron chi connectivity index (χ3n) is 3.86. The molecule has 1 unspecified atom stereocenters. The molecule has 0 saturated carbocycles. The summed E-state index contributed by atoms with van der Waals surface area (Å²) in [5.41, 5.74) is 4.80. The molecular formula is C18H22BrNO. The van der Waals surface area contributed by atoms with Crippen molar-refractivity contribution in [3.63, 3.8) is 0 Å². The molecular weight excluding hydrogens is 326 g/mol. The van der Waals surface area contributed by atoms with Crippen LogP contribution in [0.15, 0.2) is 34.8 Å². The van der Waals surface area contributed by atoms with E-state index in [0.717, 1.165) is 21.5 Å². The first-order valence-electron chi connectivity index (χ1n) is 7.14. The van der Waals surface area contributed by atoms with Gasteiger partial charge in [0.05, 0.1) is 0 Å². The Bertz CT molecular complexity index is 652. The van der Waals surface area contributed by atoms with Gasteiger partial charge in [-0.05, 0) is 69.6 Å². The Morgan fingerprint density at radius 2 is 1.76 bits per heavy atom. The smallest absolute Gasteiger partial charge is 0.133 e. The van der Waals surface area contributed by atoms with Crippen LogP contribution in [0.25, 0.3) is 0 Å². The zero-order valence-electron chi connectivity index (χ0n) is 13.3. The number of benzene rings is 2. The van der Waals surface area contributed by atoms with Gasteiger partial charge in [0, 0.05) is 16.1 Å². The van der Waals surface area contributed by atoms with Gasteiger partial charge in [0.25, 0.3) is 0 Å². The van der Waals surface area contributed by atoms with E-state index in [2.05, 4.69) is 67.1 Å². The number of aryl methyl sites for hydroxylation is 2. The summed E-state index contributed by atoms with van der Waals surface area (Å²) in [5, 5.41) is 3.27. The van der Waals surface area contributed by atoms with Crippen molar-refractivity contribution in [2.45, 2.75) is 33.7 Å². The van der Waals surface area contributed by atoms with Crippen LogP contribution >= 0.6 is 15.9 Å². The molecule has 0 amide bonds. The van der Waals surface area contributed by atoms with Gasteiger partial charge in [0.2, 0.25) is 0 Å². The molecule has 2 aromatic rings. The molecule has 21 heavy (non-hydrogen) atoms. The van der Waals surface area contributed by atoms with Gasteiger partial charge in [-0.1, -0.05) is 28.1 Å². The van der Waals surface area contributed by atoms with Crippen LogP contribution in [0.5, 0.6) is 11.5 Å². The summed E-state index contributed by atoms with van der Waals surface area (Å²) < 4.78 is 7.26. The van der Waals surface area contributed by atoms with Crippen LogP contribution in [0.3, 0.4) is 0 Å². The Morgan fingerprint density at radius 1 is 1.05 bits per heavy atom. The Kier molecular flexibility index (Phi) is 5.07. The van der Waals surface area contributed by atoms with E-state index in [0.29, 0.717) is 0 Å². The molecule has 112 valence electrons. The Labute approximate surface area is 135 Å². The second kappa shape index (κ2) is 6.63. The van der Waals surface area contributed by atoms with Crippen molar-refractivity contribution >= 4 is 15.9 Å². The maximum Gasteiger partial charge on any atom is 0.133 e. The summed E-state index contributed by atoms with van der Waals surface area (Å²) in [6.07, 6.45) is 0. The zero-order chi connectivity index (χ0) is 15.6. The molecule has 0 radical (unpaired) electrons. The lowest BCUT2D eigenvalue weighted by atomic mass is 10.0. The molecule has 0 fully saturated rings. The minimum absolute atomic E-state index is 0.235. The highest BCUT2D eigenvalue weighted by molar-refractivity contribution is 9.10. The Morgan fingerprint density at radius 3 is 2.43 bits per heavy atom. The lowest BCUT2D eigenvalue weighted by Gasteiger charge is -2.18. The second-order valence-corrected chi connectivity index (χ2v) is 6.42. The fourth-order valence-corrected chi connectivity index (χ4v) is 2.68. The molecule has 0 saturated heterocycles. The van der Waals surface area contributed by atoms with E-state index in [4.69, 9.17) is 4.74 Å². The number of hydrogen-bond donors (Lipinski definition) is 1. The van der Waals surface area contributed by atoms with Crippen LogP contribution in [-0.4, -0.2) is 7.05 Å². The van der Waals surface area contributed by atoms with Gasteiger partial charge < -0.3 is 10.1 Å². The normalized spacial score (nSPS) is 12.3. The van der Waals surface area contributed by atoms with Crippen LogP contribution in [-0.2, 0) is 0 Å². The number of rotatable bonds is 4. The van der Waals surface area contributed by atoms with Gasteiger partial charge in [-0.25, -0.2) is 0 Å². The molecule has 0 aliphatic heterocycles. The summed E-state index contributed by atoms with van der Waals surface area (Å²) in [6, 6.07) is 10.7. The molecule has 0 bridgehead atoms. The molecule has 1 N–H and O–H groups in total. The monoisotopic (exact) mass is 347 g/mol. The second-order valence-electron chi connectivity index (χ2n) is 5.50. The largest absolute Gasteiger partial charge is 0.457 e. The highest BCUT2D eigenvalue weighted by Crippen LogP contribution is 2.34. The van der Waals surface area contributed by atoms with E-state index in [-0.39, 0.29) is 6.04 Å². The van der Waals surface area contributed by atoms with Crippen LogP contribution in [0.2, 0.25) is 0 Å². The zero-order valence-corrected chi connectivity index (χ0v) is 14.8. The van der Waals surface area contributed by atoms with Crippen molar-refractivity contribution in [2.75, 3.05) is 7.05 Å². The van der Waals surface area contributed by atoms with E-state index >= 15 is 0 Å². The van der Waals surface area contributed by atoms with Gasteiger partial charge in [0.15, 0.2) is 0 Å². The summed E-state index contributed by atoms with van der Waals surface area (Å²) in [6.45, 7) is 8.44. The first-order chi connectivity index (χ1) is 9.92. The van der Waals surface area contributed by atoms with E-state index in [9.17, 15) is 0 Å². The van der Waals surface area contributed by atoms with Crippen LogP contribution in [0.4, 0.5) is 0 Å². The average Bonchev–Trinajstić information content (AvgIpc) is 2.43. The Balaban J connectivity index is 2.46. The highest BCUT2D eigenvalue weighted by atomic mass is 79.9. The number of hydrogen-bond acceptors (Lipinski definition) is 2. The first-order valence-corrected chi connectivity index (χ1v) is 7.94. The fourth-order valence-electron chi connectivity index (χ4n) is 2.34. The number of ether oxygens (including phenoxy) is 1. The molecule has 0 aliphatic rings. The summed E-state index contributed by atoms with van der Waals surface area (Å²) >= 11 is 3.53. The topological polar surface area (TPSA) is 21.3 Å². The molecule has 2 nitrogen and oxygen atoms in total. The van der Waals surface area contributed by atoms with Crippen molar-refractivity contribution in [1.82, 2.24) is 5.32 Å². The summed E-state index contributed by atoms with van der Waals surface area (Å²) in [4.78, 5) is 0. The molecule has 0 heterocycles. The molecule has 1 atom stereocenters. The number of halogens is 1. The van der Waals surface area contributed by atoms with Crippen LogP contribution in [0.1, 0.15) is 35.2 Å². The third kappa shape index (κ3) is 3.66. The molecule has 3 heteroatoms. The Hall–Kier alpha value is -1.32. The lowest BCUT2D eigenvalue weighted by molar-refractivity contribution is 0.462. The molecule has 0 spiro atoms. The van der Waals surface area contributed by atoms with Crippen molar-refractivity contribution in [2.24, 2.45) is 0 Å². The summed E-state index contributed by atoms with van der Waals surface area (Å²) in [7, 11) is 1.96. The van der Waals surface area contributed by atoms with Gasteiger partial charge >= 0.3 is 0 Å². The maximum absolute atomic E-state index is 6.24. The van der Waals surface area contributed by atoms with Crippen LogP contribution < -0.4 is 10.1 Å². The van der Waals surface area contributed by atoms with E-state index in [1.54, 1.807) is 0 Å². The van der Waals surface area contributed by atoms with E-state index < -0.39 is 0 Å². The highest BCUT2D eigenvalue weighted by Gasteiger charge is 2.13. The van der Waals surface area contributed by atoms with Gasteiger partial charge in [-0.15, -0.1) is 0 Å². The van der Waals surface area contributed by atoms with Gasteiger partial charge in [-0.2, -0.15) is 0 Å². The maximum atomic E-state index is 6.24. The predicted molar refractivity (Wildman–Crippen MR) is 92.3 cm³/mol. The average molecular weight is 348 g/mol. The predicted octanol–water partition coefficient (Wildman–Crippen LogP) is 5.45. The van der Waals surface area contributed by atoms with Crippen molar-refractivity contribution in [3.05, 3.63) is 57.1 Å². The summed E-state index contributed by atoms with van der Waals surface area (Å²) in [5.74, 6) is 1.81. The quantitative estimate of drug-likeness (QED) is 0.794. The van der Waals surface area contributed by atoms with Crippen LogP contribution in [0, 0.1) is 20.8 Å². The molecule has 0 aliphatic carbocycles. The van der Waals surface area contributed by atoms with Crippen molar-refractivity contribution in [1.29, 1.82) is 0 Å². The standard InChI is InChI=1S/C18H22BrNO/c1-11-8-12(2)13(3)17(9-11)21-18-10-15(19)6-7-16(18)14(4)20-5/h6-10,14,20H,1-5H3. The molecule has 0 aromatic heterocycles. The minimum atomic E-state index is 0.235. The van der Waals surface area contributed by atoms with Gasteiger partial charge in [-0.3, -0.25) is 0 Å². The van der Waals surface area contributed by atoms with Crippen molar-refractivity contribution < 1.29 is 4.74 Å². The molecule has 2 aromatic carbocycles. The first kappa shape index (κ1) is 16.1. The van der Waals surface area contributed by atoms with E-state index in [1.165, 1.54) is 16.7 Å². The third-order valence-corrected chi connectivity index (χ3v) is 4.35. The van der Waals surface area contributed by atoms with Crippen molar-refractivity contribution in [3.8, 4) is 11.5 Å². The lowest BCUT2D eigenvalue weighted by Crippen LogP contribution is -2.13. The van der Waals surface area contributed by atoms with E-state index in [1.807, 2.05) is 19.2 Å². The van der Waals surface area contributed by atoms with Gasteiger partial charge in [0.1, 0.15) is 11.5 Å². The molecule has 2 rings (SSSR count). The number of nitrogens with one attached hydrogen (secondary N) is 1.